The molecule has 0 radical (unpaired) electrons. The van der Waals surface area contributed by atoms with Crippen LogP contribution in [0.3, 0.4) is 0 Å². The smallest absolute Gasteiger partial charge is 0.202 e. The van der Waals surface area contributed by atoms with Crippen molar-refractivity contribution >= 4 is 5.78 Å². The summed E-state index contributed by atoms with van der Waals surface area (Å²) < 4.78 is 5.65. The van der Waals surface area contributed by atoms with Crippen molar-refractivity contribution in [2.24, 2.45) is 0 Å². The number of phenolic OH excluding ortho intramolecular Hbond substituents is 1. The summed E-state index contributed by atoms with van der Waals surface area (Å²) in [5, 5.41) is 9.32. The largest absolute Gasteiger partial charge is 0.508 e. The van der Waals surface area contributed by atoms with Gasteiger partial charge in [0, 0.05) is 12.0 Å². The van der Waals surface area contributed by atoms with Crippen molar-refractivity contribution in [2.75, 3.05) is 0 Å². The van der Waals surface area contributed by atoms with Gasteiger partial charge in [0.25, 0.3) is 0 Å². The van der Waals surface area contributed by atoms with E-state index < -0.39 is 0 Å². The Morgan fingerprint density at radius 2 is 1.73 bits per heavy atom. The highest BCUT2D eigenvalue weighted by Crippen LogP contribution is 2.23. The van der Waals surface area contributed by atoms with E-state index >= 15 is 0 Å². The number of rotatable bonds is 9. The number of phenols is 1. The Labute approximate surface area is 153 Å². The standard InChI is InChI=1S/C22H23NO3/c24-19-13-11-18(12-14-19)21-16-23-22(26-21)15-20(25)10-6-2-5-9-17-7-3-1-4-8-17/h1,3-4,7-8,11-14,16,24H,2,5-6,9-10,15H2. The number of Topliss-reactive ketones (excluding diaryl/α,β-unsaturated/α-hetero) is 1. The Balaban J connectivity index is 1.39. The highest BCUT2D eigenvalue weighted by atomic mass is 16.4. The first-order valence-electron chi connectivity index (χ1n) is 9.00. The van der Waals surface area contributed by atoms with Crippen LogP contribution in [0, 0.1) is 0 Å². The zero-order chi connectivity index (χ0) is 18.2. The molecule has 0 bridgehead atoms. The first kappa shape index (κ1) is 17.9. The number of oxazole rings is 1. The zero-order valence-electron chi connectivity index (χ0n) is 14.7. The van der Waals surface area contributed by atoms with Crippen LogP contribution in [0.25, 0.3) is 11.3 Å². The number of aromatic nitrogens is 1. The van der Waals surface area contributed by atoms with Gasteiger partial charge in [-0.3, -0.25) is 4.79 Å². The Morgan fingerprint density at radius 3 is 2.50 bits per heavy atom. The van der Waals surface area contributed by atoms with Crippen LogP contribution >= 0.6 is 0 Å². The molecule has 4 heteroatoms. The summed E-state index contributed by atoms with van der Waals surface area (Å²) in [6.07, 6.45) is 6.52. The van der Waals surface area contributed by atoms with Crippen LogP contribution in [0.5, 0.6) is 5.75 Å². The highest BCUT2D eigenvalue weighted by Gasteiger charge is 2.11. The summed E-state index contributed by atoms with van der Waals surface area (Å²) in [5.74, 6) is 1.41. The third-order valence-corrected chi connectivity index (χ3v) is 4.32. The first-order chi connectivity index (χ1) is 12.7. The molecular formula is C22H23NO3. The molecule has 26 heavy (non-hydrogen) atoms. The van der Waals surface area contributed by atoms with E-state index in [1.54, 1.807) is 30.5 Å². The summed E-state index contributed by atoms with van der Waals surface area (Å²) >= 11 is 0. The molecule has 2 aromatic carbocycles. The fourth-order valence-corrected chi connectivity index (χ4v) is 2.88. The lowest BCUT2D eigenvalue weighted by molar-refractivity contribution is -0.118. The maximum Gasteiger partial charge on any atom is 0.202 e. The number of benzene rings is 2. The molecule has 3 rings (SSSR count). The Morgan fingerprint density at radius 1 is 0.962 bits per heavy atom. The molecule has 0 unspecified atom stereocenters. The Kier molecular flexibility index (Phi) is 6.20. The molecule has 0 fully saturated rings. The number of hydrogen-bond donors (Lipinski definition) is 1. The Hall–Kier alpha value is -2.88. The molecule has 1 N–H and O–H groups in total. The number of nitrogens with zero attached hydrogens (tertiary/aromatic N) is 1. The second-order valence-electron chi connectivity index (χ2n) is 6.43. The van der Waals surface area contributed by atoms with E-state index in [0.29, 0.717) is 18.1 Å². The van der Waals surface area contributed by atoms with E-state index in [1.165, 1.54) is 5.56 Å². The van der Waals surface area contributed by atoms with E-state index in [4.69, 9.17) is 4.42 Å². The van der Waals surface area contributed by atoms with Crippen molar-refractivity contribution in [1.82, 2.24) is 4.98 Å². The average Bonchev–Trinajstić information content (AvgIpc) is 3.11. The minimum absolute atomic E-state index is 0.156. The average molecular weight is 349 g/mol. The van der Waals surface area contributed by atoms with E-state index in [1.807, 2.05) is 6.07 Å². The molecule has 0 aliphatic heterocycles. The Bertz CT molecular complexity index is 822. The monoisotopic (exact) mass is 349 g/mol. The zero-order valence-corrected chi connectivity index (χ0v) is 14.7. The maximum atomic E-state index is 12.1. The fraction of sp³-hybridized carbons (Fsp3) is 0.273. The van der Waals surface area contributed by atoms with Gasteiger partial charge in [-0.2, -0.15) is 0 Å². The summed E-state index contributed by atoms with van der Waals surface area (Å²) in [6.45, 7) is 0. The molecular weight excluding hydrogens is 326 g/mol. The number of carbonyl (C=O) groups excluding carboxylic acids is 1. The van der Waals surface area contributed by atoms with Gasteiger partial charge in [0.05, 0.1) is 12.6 Å². The van der Waals surface area contributed by atoms with Crippen LogP contribution in [-0.4, -0.2) is 15.9 Å². The quantitative estimate of drug-likeness (QED) is 0.555. The molecule has 1 heterocycles. The lowest BCUT2D eigenvalue weighted by atomic mass is 10.0. The van der Waals surface area contributed by atoms with Gasteiger partial charge in [-0.25, -0.2) is 4.98 Å². The van der Waals surface area contributed by atoms with E-state index in [0.717, 1.165) is 31.2 Å². The lowest BCUT2D eigenvalue weighted by Gasteiger charge is -2.01. The lowest BCUT2D eigenvalue weighted by Crippen LogP contribution is -2.02. The topological polar surface area (TPSA) is 63.3 Å². The third kappa shape index (κ3) is 5.31. The SMILES string of the molecule is O=C(CCCCCc1ccccc1)Cc1ncc(-c2ccc(O)cc2)o1. The van der Waals surface area contributed by atoms with Crippen LogP contribution in [0.15, 0.2) is 65.2 Å². The van der Waals surface area contributed by atoms with Gasteiger partial charge in [0.15, 0.2) is 5.76 Å². The minimum Gasteiger partial charge on any atom is -0.508 e. The van der Waals surface area contributed by atoms with Gasteiger partial charge in [-0.1, -0.05) is 36.8 Å². The van der Waals surface area contributed by atoms with Crippen LogP contribution in [0.2, 0.25) is 0 Å². The molecule has 0 aliphatic rings. The van der Waals surface area contributed by atoms with Crippen LogP contribution < -0.4 is 0 Å². The molecule has 0 atom stereocenters. The maximum absolute atomic E-state index is 12.1. The molecule has 0 saturated heterocycles. The van der Waals surface area contributed by atoms with Gasteiger partial charge >= 0.3 is 0 Å². The molecule has 1 aromatic heterocycles. The van der Waals surface area contributed by atoms with Gasteiger partial charge in [0.2, 0.25) is 5.89 Å². The third-order valence-electron chi connectivity index (χ3n) is 4.32. The summed E-state index contributed by atoms with van der Waals surface area (Å²) in [5.41, 5.74) is 2.18. The van der Waals surface area contributed by atoms with Crippen molar-refractivity contribution in [3.63, 3.8) is 0 Å². The highest BCUT2D eigenvalue weighted by molar-refractivity contribution is 5.80. The second kappa shape index (κ2) is 8.99. The first-order valence-corrected chi connectivity index (χ1v) is 9.00. The number of hydrogen-bond acceptors (Lipinski definition) is 4. The molecule has 0 aliphatic carbocycles. The van der Waals surface area contributed by atoms with Crippen molar-refractivity contribution in [2.45, 2.75) is 38.5 Å². The molecule has 4 nitrogen and oxygen atoms in total. The predicted molar refractivity (Wildman–Crippen MR) is 101 cm³/mol. The number of carbonyl (C=O) groups is 1. The van der Waals surface area contributed by atoms with Crippen LogP contribution in [-0.2, 0) is 17.6 Å². The number of ketones is 1. The summed E-state index contributed by atoms with van der Waals surface area (Å²) in [7, 11) is 0. The molecule has 0 amide bonds. The molecule has 0 spiro atoms. The molecule has 3 aromatic rings. The summed E-state index contributed by atoms with van der Waals surface area (Å²) in [4.78, 5) is 16.3. The summed E-state index contributed by atoms with van der Waals surface area (Å²) in [6, 6.07) is 17.1. The van der Waals surface area contributed by atoms with Gasteiger partial charge in [-0.05, 0) is 49.1 Å². The van der Waals surface area contributed by atoms with Crippen LogP contribution in [0.1, 0.15) is 37.1 Å². The molecule has 134 valence electrons. The van der Waals surface area contributed by atoms with E-state index in [9.17, 15) is 9.90 Å². The van der Waals surface area contributed by atoms with E-state index in [2.05, 4.69) is 29.2 Å². The van der Waals surface area contributed by atoms with Crippen molar-refractivity contribution in [3.8, 4) is 17.1 Å². The molecule has 0 saturated carbocycles. The van der Waals surface area contributed by atoms with E-state index in [-0.39, 0.29) is 18.0 Å². The van der Waals surface area contributed by atoms with Crippen LogP contribution in [0.4, 0.5) is 0 Å². The number of aryl methyl sites for hydroxylation is 1. The van der Waals surface area contributed by atoms with Gasteiger partial charge in [-0.15, -0.1) is 0 Å². The van der Waals surface area contributed by atoms with Crippen molar-refractivity contribution in [3.05, 3.63) is 72.2 Å². The van der Waals surface area contributed by atoms with Crippen molar-refractivity contribution in [1.29, 1.82) is 0 Å². The van der Waals surface area contributed by atoms with Gasteiger partial charge in [0.1, 0.15) is 11.5 Å². The minimum atomic E-state index is 0.156. The fourth-order valence-electron chi connectivity index (χ4n) is 2.88. The van der Waals surface area contributed by atoms with Gasteiger partial charge < -0.3 is 9.52 Å². The van der Waals surface area contributed by atoms with Crippen molar-refractivity contribution < 1.29 is 14.3 Å². The predicted octanol–water partition coefficient (Wildman–Crippen LogP) is 4.96. The normalized spacial score (nSPS) is 10.8. The number of aromatic hydroxyl groups is 1. The number of unbranched alkanes of at least 4 members (excludes halogenated alkanes) is 2. The second-order valence-corrected chi connectivity index (χ2v) is 6.43.